The fourth-order valence-corrected chi connectivity index (χ4v) is 5.41. The molecule has 8 nitrogen and oxygen atoms in total. The Bertz CT molecular complexity index is 1360. The Morgan fingerprint density at radius 3 is 2.24 bits per heavy atom. The highest BCUT2D eigenvalue weighted by Gasteiger charge is 2.33. The van der Waals surface area contributed by atoms with E-state index in [1.807, 2.05) is 6.92 Å². The SMILES string of the molecule is CNC(=O)[C@H](C)N(Cc1ccccc1Cl)C(=O)CN(c1ccccc1OC)S(=O)(=O)c1ccc(C)cc1. The van der Waals surface area contributed by atoms with Crippen LogP contribution in [0.1, 0.15) is 18.1 Å². The number of carbonyl (C=O) groups excluding carboxylic acids is 2. The van der Waals surface area contributed by atoms with Gasteiger partial charge in [-0.05, 0) is 49.7 Å². The highest BCUT2D eigenvalue weighted by molar-refractivity contribution is 7.92. The Morgan fingerprint density at radius 2 is 1.62 bits per heavy atom. The molecule has 0 aliphatic carbocycles. The zero-order chi connectivity index (χ0) is 27.2. The van der Waals surface area contributed by atoms with E-state index in [9.17, 15) is 18.0 Å². The van der Waals surface area contributed by atoms with Crippen LogP contribution < -0.4 is 14.4 Å². The van der Waals surface area contributed by atoms with Crippen molar-refractivity contribution in [3.8, 4) is 5.75 Å². The lowest BCUT2D eigenvalue weighted by atomic mass is 10.1. The molecule has 0 aliphatic heterocycles. The molecule has 1 N–H and O–H groups in total. The van der Waals surface area contributed by atoms with E-state index in [-0.39, 0.29) is 22.9 Å². The number of aryl methyl sites for hydroxylation is 1. The number of halogens is 1. The zero-order valence-corrected chi connectivity index (χ0v) is 22.7. The maximum atomic E-state index is 13.8. The summed E-state index contributed by atoms with van der Waals surface area (Å²) in [4.78, 5) is 27.7. The predicted molar refractivity (Wildman–Crippen MR) is 144 cm³/mol. The van der Waals surface area contributed by atoms with Gasteiger partial charge in [-0.2, -0.15) is 0 Å². The molecule has 0 saturated heterocycles. The Balaban J connectivity index is 2.08. The minimum Gasteiger partial charge on any atom is -0.495 e. The van der Waals surface area contributed by atoms with Gasteiger partial charge in [0.15, 0.2) is 0 Å². The molecular formula is C27H30ClN3O5S. The number of nitrogens with one attached hydrogen (secondary N) is 1. The van der Waals surface area contributed by atoms with Gasteiger partial charge in [0, 0.05) is 18.6 Å². The number of carbonyl (C=O) groups is 2. The van der Waals surface area contributed by atoms with Crippen molar-refractivity contribution >= 4 is 39.1 Å². The van der Waals surface area contributed by atoms with Crippen LogP contribution in [0.15, 0.2) is 77.7 Å². The Labute approximate surface area is 222 Å². The van der Waals surface area contributed by atoms with Crippen molar-refractivity contribution in [1.82, 2.24) is 10.2 Å². The average molecular weight is 544 g/mol. The van der Waals surface area contributed by atoms with Crippen LogP contribution in [0.2, 0.25) is 5.02 Å². The fraction of sp³-hybridized carbons (Fsp3) is 0.259. The number of likely N-dealkylation sites (N-methyl/N-ethyl adjacent to an activating group) is 1. The monoisotopic (exact) mass is 543 g/mol. The molecule has 0 unspecified atom stereocenters. The first-order valence-corrected chi connectivity index (χ1v) is 13.4. The first kappa shape index (κ1) is 28.0. The number of sulfonamides is 1. The van der Waals surface area contributed by atoms with Crippen LogP contribution >= 0.6 is 11.6 Å². The molecule has 0 heterocycles. The number of rotatable bonds is 10. The maximum absolute atomic E-state index is 13.8. The predicted octanol–water partition coefficient (Wildman–Crippen LogP) is 4.02. The van der Waals surface area contributed by atoms with Gasteiger partial charge in [0.1, 0.15) is 18.3 Å². The van der Waals surface area contributed by atoms with Crippen LogP contribution in [-0.4, -0.2) is 51.9 Å². The third-order valence-corrected chi connectivity index (χ3v) is 8.10. The first-order chi connectivity index (χ1) is 17.6. The quantitative estimate of drug-likeness (QED) is 0.417. The molecule has 0 saturated carbocycles. The summed E-state index contributed by atoms with van der Waals surface area (Å²) >= 11 is 6.34. The molecule has 3 rings (SSSR count). The maximum Gasteiger partial charge on any atom is 0.264 e. The summed E-state index contributed by atoms with van der Waals surface area (Å²) in [5.74, 6) is -0.703. The lowest BCUT2D eigenvalue weighted by molar-refractivity contribution is -0.139. The summed E-state index contributed by atoms with van der Waals surface area (Å²) in [6.07, 6.45) is 0. The summed E-state index contributed by atoms with van der Waals surface area (Å²) in [7, 11) is -1.29. The number of para-hydroxylation sites is 2. The molecule has 3 aromatic carbocycles. The van der Waals surface area contributed by atoms with Gasteiger partial charge in [-0.15, -0.1) is 0 Å². The van der Waals surface area contributed by atoms with Crippen molar-refractivity contribution in [1.29, 1.82) is 0 Å². The molecule has 3 aromatic rings. The molecular weight excluding hydrogens is 514 g/mol. The van der Waals surface area contributed by atoms with Crippen molar-refractivity contribution in [2.75, 3.05) is 25.0 Å². The van der Waals surface area contributed by atoms with E-state index in [2.05, 4.69) is 5.32 Å². The molecule has 0 aliphatic rings. The van der Waals surface area contributed by atoms with E-state index < -0.39 is 34.4 Å². The normalized spacial score (nSPS) is 11.9. The van der Waals surface area contributed by atoms with Crippen molar-refractivity contribution in [2.45, 2.75) is 31.3 Å². The van der Waals surface area contributed by atoms with E-state index in [0.29, 0.717) is 10.6 Å². The van der Waals surface area contributed by atoms with Crippen molar-refractivity contribution in [3.63, 3.8) is 0 Å². The van der Waals surface area contributed by atoms with Gasteiger partial charge in [0.05, 0.1) is 17.7 Å². The number of hydrogen-bond acceptors (Lipinski definition) is 5. The molecule has 1 atom stereocenters. The number of nitrogens with zero attached hydrogens (tertiary/aromatic N) is 2. The van der Waals surface area contributed by atoms with Gasteiger partial charge in [-0.1, -0.05) is 59.6 Å². The number of hydrogen-bond donors (Lipinski definition) is 1. The van der Waals surface area contributed by atoms with Gasteiger partial charge in [0.25, 0.3) is 10.0 Å². The number of amides is 2. The van der Waals surface area contributed by atoms with Crippen LogP contribution in [0.5, 0.6) is 5.75 Å². The zero-order valence-electron chi connectivity index (χ0n) is 21.1. The van der Waals surface area contributed by atoms with E-state index >= 15 is 0 Å². The fourth-order valence-electron chi connectivity index (χ4n) is 3.79. The minimum absolute atomic E-state index is 0.0113. The largest absolute Gasteiger partial charge is 0.495 e. The van der Waals surface area contributed by atoms with Crippen molar-refractivity contribution in [2.24, 2.45) is 0 Å². The Hall–Kier alpha value is -3.56. The number of ether oxygens (including phenoxy) is 1. The molecule has 2 amide bonds. The summed E-state index contributed by atoms with van der Waals surface area (Å²) in [5, 5.41) is 2.98. The third-order valence-electron chi connectivity index (χ3n) is 5.95. The summed E-state index contributed by atoms with van der Waals surface area (Å²) in [5.41, 5.74) is 1.71. The van der Waals surface area contributed by atoms with E-state index in [4.69, 9.17) is 16.3 Å². The molecule has 0 aromatic heterocycles. The number of benzene rings is 3. The van der Waals surface area contributed by atoms with Gasteiger partial charge in [-0.3, -0.25) is 13.9 Å². The summed E-state index contributed by atoms with van der Waals surface area (Å²) < 4.78 is 34.1. The molecule has 0 fully saturated rings. The summed E-state index contributed by atoms with van der Waals surface area (Å²) in [6.45, 7) is 2.87. The molecule has 0 spiro atoms. The first-order valence-electron chi connectivity index (χ1n) is 11.6. The smallest absolute Gasteiger partial charge is 0.264 e. The molecule has 196 valence electrons. The Morgan fingerprint density at radius 1 is 1.00 bits per heavy atom. The van der Waals surface area contributed by atoms with Gasteiger partial charge < -0.3 is 15.0 Å². The third kappa shape index (κ3) is 6.42. The second-order valence-electron chi connectivity index (χ2n) is 8.40. The van der Waals surface area contributed by atoms with Gasteiger partial charge >= 0.3 is 0 Å². The van der Waals surface area contributed by atoms with E-state index in [0.717, 1.165) is 9.87 Å². The minimum atomic E-state index is -4.19. The number of anilines is 1. The average Bonchev–Trinajstić information content (AvgIpc) is 2.90. The van der Waals surface area contributed by atoms with Crippen LogP contribution in [0, 0.1) is 6.92 Å². The lowest BCUT2D eigenvalue weighted by Crippen LogP contribution is -2.50. The second kappa shape index (κ2) is 12.1. The van der Waals surface area contributed by atoms with E-state index in [1.165, 1.54) is 31.2 Å². The van der Waals surface area contributed by atoms with Crippen molar-refractivity contribution in [3.05, 3.63) is 88.9 Å². The molecule has 37 heavy (non-hydrogen) atoms. The number of methoxy groups -OCH3 is 1. The Kier molecular flexibility index (Phi) is 9.18. The standard InChI is InChI=1S/C27H30ClN3O5S/c1-19-13-15-22(16-14-19)37(34,35)31(24-11-7-8-12-25(24)36-4)18-26(32)30(20(2)27(33)29-3)17-21-9-5-6-10-23(21)28/h5-16,20H,17-18H2,1-4H3,(H,29,33)/t20-/m0/s1. The van der Waals surface area contributed by atoms with Crippen LogP contribution in [0.3, 0.4) is 0 Å². The van der Waals surface area contributed by atoms with Gasteiger partial charge in [-0.25, -0.2) is 8.42 Å². The van der Waals surface area contributed by atoms with Gasteiger partial charge in [0.2, 0.25) is 11.8 Å². The highest BCUT2D eigenvalue weighted by Crippen LogP contribution is 2.32. The topological polar surface area (TPSA) is 96.0 Å². The second-order valence-corrected chi connectivity index (χ2v) is 10.7. The molecule has 10 heteroatoms. The van der Waals surface area contributed by atoms with E-state index in [1.54, 1.807) is 67.6 Å². The molecule has 0 radical (unpaired) electrons. The summed E-state index contributed by atoms with van der Waals surface area (Å²) in [6, 6.07) is 19.0. The van der Waals surface area contributed by atoms with Crippen molar-refractivity contribution < 1.29 is 22.7 Å². The van der Waals surface area contributed by atoms with Crippen LogP contribution in [0.25, 0.3) is 0 Å². The van der Waals surface area contributed by atoms with Crippen LogP contribution in [0.4, 0.5) is 5.69 Å². The van der Waals surface area contributed by atoms with Crippen LogP contribution in [-0.2, 0) is 26.2 Å². The molecule has 0 bridgehead atoms. The lowest BCUT2D eigenvalue weighted by Gasteiger charge is -2.32. The highest BCUT2D eigenvalue weighted by atomic mass is 35.5.